The van der Waals surface area contributed by atoms with E-state index >= 15 is 0 Å². The SMILES string of the molecule is CC(C)CCNC(=O)c1ccccc1-c1ccccc1CNC(=O)Oc1ccccc1. The molecule has 0 aliphatic rings. The second-order valence-corrected chi connectivity index (χ2v) is 7.70. The van der Waals surface area contributed by atoms with E-state index in [0.717, 1.165) is 23.1 Å². The maximum absolute atomic E-state index is 12.8. The molecule has 5 nitrogen and oxygen atoms in total. The van der Waals surface area contributed by atoms with Gasteiger partial charge in [0, 0.05) is 18.7 Å². The summed E-state index contributed by atoms with van der Waals surface area (Å²) in [7, 11) is 0. The van der Waals surface area contributed by atoms with Crippen molar-refractivity contribution >= 4 is 12.0 Å². The van der Waals surface area contributed by atoms with E-state index in [2.05, 4.69) is 24.5 Å². The van der Waals surface area contributed by atoms with Crippen LogP contribution in [0, 0.1) is 5.92 Å². The van der Waals surface area contributed by atoms with Gasteiger partial charge in [0.15, 0.2) is 0 Å². The van der Waals surface area contributed by atoms with Gasteiger partial charge in [-0.3, -0.25) is 4.79 Å². The summed E-state index contributed by atoms with van der Waals surface area (Å²) in [4.78, 5) is 25.0. The largest absolute Gasteiger partial charge is 0.412 e. The topological polar surface area (TPSA) is 67.4 Å². The molecule has 0 aliphatic heterocycles. The van der Waals surface area contributed by atoms with Crippen LogP contribution >= 0.6 is 0 Å². The molecule has 0 aliphatic carbocycles. The smallest absolute Gasteiger partial charge is 0.410 e. The van der Waals surface area contributed by atoms with Crippen molar-refractivity contribution in [1.29, 1.82) is 0 Å². The highest BCUT2D eigenvalue weighted by atomic mass is 16.6. The predicted octanol–water partition coefficient (Wildman–Crippen LogP) is 5.42. The fraction of sp³-hybridized carbons (Fsp3) is 0.231. The molecule has 0 atom stereocenters. The first-order chi connectivity index (χ1) is 15.0. The van der Waals surface area contributed by atoms with Gasteiger partial charge in [-0.1, -0.05) is 74.5 Å². The predicted molar refractivity (Wildman–Crippen MR) is 123 cm³/mol. The Bertz CT molecular complexity index is 1020. The van der Waals surface area contributed by atoms with Gasteiger partial charge in [-0.2, -0.15) is 0 Å². The zero-order valence-corrected chi connectivity index (χ0v) is 17.9. The summed E-state index contributed by atoms with van der Waals surface area (Å²) in [5.74, 6) is 0.914. The van der Waals surface area contributed by atoms with Crippen LogP contribution in [0.3, 0.4) is 0 Å². The molecule has 3 aromatic carbocycles. The first-order valence-electron chi connectivity index (χ1n) is 10.5. The Kier molecular flexibility index (Phi) is 7.82. The first kappa shape index (κ1) is 22.1. The fourth-order valence-corrected chi connectivity index (χ4v) is 3.22. The van der Waals surface area contributed by atoms with Crippen molar-refractivity contribution in [3.8, 4) is 16.9 Å². The molecule has 0 spiro atoms. The van der Waals surface area contributed by atoms with Crippen LogP contribution in [0.25, 0.3) is 11.1 Å². The Morgan fingerprint density at radius 3 is 2.19 bits per heavy atom. The van der Waals surface area contributed by atoms with Gasteiger partial charge in [0.25, 0.3) is 5.91 Å². The van der Waals surface area contributed by atoms with E-state index in [1.807, 2.05) is 54.6 Å². The zero-order valence-electron chi connectivity index (χ0n) is 17.9. The van der Waals surface area contributed by atoms with Crippen LogP contribution in [0.15, 0.2) is 78.9 Å². The summed E-state index contributed by atoms with van der Waals surface area (Å²) in [5.41, 5.74) is 3.25. The monoisotopic (exact) mass is 416 g/mol. The molecule has 5 heteroatoms. The number of ether oxygens (including phenoxy) is 1. The van der Waals surface area contributed by atoms with E-state index in [1.165, 1.54) is 0 Å². The van der Waals surface area contributed by atoms with Crippen molar-refractivity contribution in [2.24, 2.45) is 5.92 Å². The van der Waals surface area contributed by atoms with Gasteiger partial charge in [0.05, 0.1) is 0 Å². The number of carbonyl (C=O) groups is 2. The van der Waals surface area contributed by atoms with Crippen LogP contribution in [0.2, 0.25) is 0 Å². The van der Waals surface area contributed by atoms with Crippen molar-refractivity contribution in [2.45, 2.75) is 26.8 Å². The number of rotatable bonds is 8. The van der Waals surface area contributed by atoms with Gasteiger partial charge >= 0.3 is 6.09 Å². The molecule has 31 heavy (non-hydrogen) atoms. The average Bonchev–Trinajstić information content (AvgIpc) is 2.78. The average molecular weight is 417 g/mol. The minimum atomic E-state index is -0.527. The molecule has 3 aromatic rings. The minimum absolute atomic E-state index is 0.0949. The van der Waals surface area contributed by atoms with E-state index in [1.54, 1.807) is 24.3 Å². The Labute approximate surface area is 183 Å². The second-order valence-electron chi connectivity index (χ2n) is 7.70. The molecule has 160 valence electrons. The van der Waals surface area contributed by atoms with Crippen molar-refractivity contribution < 1.29 is 14.3 Å². The van der Waals surface area contributed by atoms with Gasteiger partial charge in [-0.05, 0) is 47.2 Å². The first-order valence-corrected chi connectivity index (χ1v) is 10.5. The Balaban J connectivity index is 1.74. The molecule has 0 bridgehead atoms. The summed E-state index contributed by atoms with van der Waals surface area (Å²) in [6, 6.07) is 24.2. The molecule has 0 aromatic heterocycles. The van der Waals surface area contributed by atoms with Gasteiger partial charge < -0.3 is 15.4 Å². The van der Waals surface area contributed by atoms with E-state index < -0.39 is 6.09 Å². The lowest BCUT2D eigenvalue weighted by Gasteiger charge is -2.15. The van der Waals surface area contributed by atoms with Crippen LogP contribution in [0.1, 0.15) is 36.2 Å². The molecule has 0 fully saturated rings. The Morgan fingerprint density at radius 1 is 0.806 bits per heavy atom. The number of benzene rings is 3. The molecule has 2 amide bonds. The maximum atomic E-state index is 12.8. The summed E-state index contributed by atoms with van der Waals surface area (Å²) < 4.78 is 5.29. The summed E-state index contributed by atoms with van der Waals surface area (Å²) in [6.07, 6.45) is 0.401. The Morgan fingerprint density at radius 2 is 1.45 bits per heavy atom. The van der Waals surface area contributed by atoms with Gasteiger partial charge in [-0.25, -0.2) is 4.79 Å². The summed E-state index contributed by atoms with van der Waals surface area (Å²) in [5, 5.41) is 5.80. The van der Waals surface area contributed by atoms with Gasteiger partial charge in [0.2, 0.25) is 0 Å². The van der Waals surface area contributed by atoms with Crippen molar-refractivity contribution in [3.05, 3.63) is 90.0 Å². The quantitative estimate of drug-likeness (QED) is 0.515. The zero-order chi connectivity index (χ0) is 22.1. The van der Waals surface area contributed by atoms with E-state index in [9.17, 15) is 9.59 Å². The van der Waals surface area contributed by atoms with Crippen molar-refractivity contribution in [2.75, 3.05) is 6.54 Å². The number of amides is 2. The molecule has 3 rings (SSSR count). The Hall–Kier alpha value is -3.60. The number of carbonyl (C=O) groups excluding carboxylic acids is 2. The summed E-state index contributed by atoms with van der Waals surface area (Å²) in [6.45, 7) is 5.18. The van der Waals surface area contributed by atoms with Crippen molar-refractivity contribution in [3.63, 3.8) is 0 Å². The third-order valence-electron chi connectivity index (χ3n) is 4.86. The molecule has 0 saturated carbocycles. The molecule has 0 radical (unpaired) electrons. The number of hydrogen-bond acceptors (Lipinski definition) is 3. The van der Waals surface area contributed by atoms with E-state index in [0.29, 0.717) is 23.8 Å². The van der Waals surface area contributed by atoms with Crippen LogP contribution in [0.5, 0.6) is 5.75 Å². The second kappa shape index (κ2) is 11.0. The van der Waals surface area contributed by atoms with E-state index in [4.69, 9.17) is 4.74 Å². The van der Waals surface area contributed by atoms with Crippen LogP contribution in [-0.4, -0.2) is 18.5 Å². The third-order valence-corrected chi connectivity index (χ3v) is 4.86. The third kappa shape index (κ3) is 6.44. The van der Waals surface area contributed by atoms with Gasteiger partial charge in [-0.15, -0.1) is 0 Å². The number of hydrogen-bond donors (Lipinski definition) is 2. The maximum Gasteiger partial charge on any atom is 0.412 e. The van der Waals surface area contributed by atoms with Crippen molar-refractivity contribution in [1.82, 2.24) is 10.6 Å². The lowest BCUT2D eigenvalue weighted by Crippen LogP contribution is -2.27. The number of nitrogens with one attached hydrogen (secondary N) is 2. The lowest BCUT2D eigenvalue weighted by molar-refractivity contribution is 0.0952. The fourth-order valence-electron chi connectivity index (χ4n) is 3.22. The standard InChI is InChI=1S/C26H28N2O3/c1-19(2)16-17-27-25(29)24-15-9-8-14-23(24)22-13-7-6-10-20(22)18-28-26(30)31-21-11-4-3-5-12-21/h3-15,19H,16-18H2,1-2H3,(H,27,29)(H,28,30). The highest BCUT2D eigenvalue weighted by molar-refractivity contribution is 6.01. The molecule has 0 unspecified atom stereocenters. The highest BCUT2D eigenvalue weighted by Gasteiger charge is 2.15. The molecule has 0 saturated heterocycles. The highest BCUT2D eigenvalue weighted by Crippen LogP contribution is 2.27. The molecular weight excluding hydrogens is 388 g/mol. The van der Waals surface area contributed by atoms with Gasteiger partial charge in [0.1, 0.15) is 5.75 Å². The molecular formula is C26H28N2O3. The molecule has 2 N–H and O–H groups in total. The van der Waals surface area contributed by atoms with Crippen LogP contribution in [-0.2, 0) is 6.54 Å². The summed E-state index contributed by atoms with van der Waals surface area (Å²) >= 11 is 0. The lowest BCUT2D eigenvalue weighted by atomic mass is 9.95. The normalized spacial score (nSPS) is 10.5. The van der Waals surface area contributed by atoms with Crippen LogP contribution < -0.4 is 15.4 Å². The number of para-hydroxylation sites is 1. The van der Waals surface area contributed by atoms with Crippen LogP contribution in [0.4, 0.5) is 4.79 Å². The minimum Gasteiger partial charge on any atom is -0.410 e. The molecule has 0 heterocycles. The van der Waals surface area contributed by atoms with E-state index in [-0.39, 0.29) is 12.5 Å².